The van der Waals surface area contributed by atoms with E-state index in [0.717, 1.165) is 22.9 Å². The average Bonchev–Trinajstić information content (AvgIpc) is 2.81. The predicted molar refractivity (Wildman–Crippen MR) is 134 cm³/mol. The van der Waals surface area contributed by atoms with Crippen molar-refractivity contribution in [3.05, 3.63) is 88.2 Å². The van der Waals surface area contributed by atoms with Gasteiger partial charge in [0.1, 0.15) is 0 Å². The topological polar surface area (TPSA) is 64.0 Å². The molecule has 0 saturated carbocycles. The molecule has 0 radical (unpaired) electrons. The predicted octanol–water partition coefficient (Wildman–Crippen LogP) is 6.05. The van der Waals surface area contributed by atoms with Crippen LogP contribution < -0.4 is 10.9 Å². The normalized spacial score (nSPS) is 11.2. The molecule has 0 spiro atoms. The lowest BCUT2D eigenvalue weighted by Crippen LogP contribution is -2.23. The van der Waals surface area contributed by atoms with Crippen molar-refractivity contribution in [2.24, 2.45) is 0 Å². The minimum atomic E-state index is -2.50. The van der Waals surface area contributed by atoms with Gasteiger partial charge in [-0.05, 0) is 73.5 Å². The maximum atomic E-state index is 13.3. The Balaban J connectivity index is 1.59. The zero-order valence-corrected chi connectivity index (χ0v) is 20.1. The summed E-state index contributed by atoms with van der Waals surface area (Å²) >= 11 is 1.60. The van der Waals surface area contributed by atoms with Gasteiger partial charge in [-0.2, -0.15) is 8.78 Å². The highest BCUT2D eigenvalue weighted by Gasteiger charge is 2.15. The van der Waals surface area contributed by atoms with Crippen LogP contribution in [0.2, 0.25) is 0 Å². The third-order valence-electron chi connectivity index (χ3n) is 5.19. The first kappa shape index (κ1) is 24.0. The fraction of sp³-hybridized carbons (Fsp3) is 0.160. The summed E-state index contributed by atoms with van der Waals surface area (Å²) in [4.78, 5) is 31.0. The number of nitrogens with zero attached hydrogens (tertiary/aromatic N) is 2. The number of benzene rings is 3. The maximum Gasteiger partial charge on any atom is 0.288 e. The fourth-order valence-electron chi connectivity index (χ4n) is 3.35. The number of rotatable bonds is 7. The summed E-state index contributed by atoms with van der Waals surface area (Å²) in [7, 11) is 0. The number of anilines is 1. The minimum absolute atomic E-state index is 0.0170. The van der Waals surface area contributed by atoms with E-state index in [4.69, 9.17) is 0 Å². The summed E-state index contributed by atoms with van der Waals surface area (Å²) < 4.78 is 26.5. The number of hydrogen-bond acceptors (Lipinski definition) is 5. The van der Waals surface area contributed by atoms with Gasteiger partial charge in [0.05, 0.1) is 22.3 Å². The lowest BCUT2D eigenvalue weighted by molar-refractivity contribution is -0.113. The van der Waals surface area contributed by atoms with Gasteiger partial charge >= 0.3 is 0 Å². The van der Waals surface area contributed by atoms with Crippen molar-refractivity contribution in [2.45, 2.75) is 29.7 Å². The van der Waals surface area contributed by atoms with E-state index in [1.807, 2.05) is 38.1 Å². The number of amides is 1. The molecule has 4 aromatic rings. The standard InChI is InChI=1S/C25H21F2N3O2S2/c1-15-7-10-18(13-16(15)2)30-23(32)20-5-3-4-6-21(20)29-25(30)33-14-22(31)28-17-8-11-19(12-9-17)34-24(26)27/h3-13,24H,14H2,1-2H3,(H,28,31). The molecule has 9 heteroatoms. The average molecular weight is 498 g/mol. The second kappa shape index (κ2) is 10.4. The molecule has 1 amide bonds. The first-order chi connectivity index (χ1) is 16.3. The monoisotopic (exact) mass is 497 g/mol. The number of carbonyl (C=O) groups excluding carboxylic acids is 1. The van der Waals surface area contributed by atoms with E-state index in [0.29, 0.717) is 44.1 Å². The smallest absolute Gasteiger partial charge is 0.288 e. The van der Waals surface area contributed by atoms with E-state index in [1.165, 1.54) is 16.7 Å². The van der Waals surface area contributed by atoms with Gasteiger partial charge in [-0.3, -0.25) is 14.2 Å². The van der Waals surface area contributed by atoms with Crippen molar-refractivity contribution in [1.82, 2.24) is 9.55 Å². The van der Waals surface area contributed by atoms with Crippen LogP contribution in [0, 0.1) is 13.8 Å². The van der Waals surface area contributed by atoms with Crippen LogP contribution in [0.4, 0.5) is 14.5 Å². The molecule has 0 saturated heterocycles. The zero-order chi connectivity index (χ0) is 24.2. The molecule has 5 nitrogen and oxygen atoms in total. The number of aromatic nitrogens is 2. The molecule has 174 valence electrons. The van der Waals surface area contributed by atoms with Gasteiger partial charge in [-0.1, -0.05) is 41.7 Å². The number of para-hydroxylation sites is 1. The number of thioether (sulfide) groups is 2. The van der Waals surface area contributed by atoms with Crippen molar-refractivity contribution in [2.75, 3.05) is 11.1 Å². The second-order valence-electron chi connectivity index (χ2n) is 7.56. The Bertz CT molecular complexity index is 1410. The number of fused-ring (bicyclic) bond motifs is 1. The third-order valence-corrected chi connectivity index (χ3v) is 6.85. The molecule has 1 aromatic heterocycles. The third kappa shape index (κ3) is 5.48. The summed E-state index contributed by atoms with van der Waals surface area (Å²) in [5, 5.41) is 3.65. The van der Waals surface area contributed by atoms with Crippen LogP contribution in [0.1, 0.15) is 11.1 Å². The van der Waals surface area contributed by atoms with Crippen LogP contribution in [-0.4, -0.2) is 27.0 Å². The first-order valence-electron chi connectivity index (χ1n) is 10.4. The van der Waals surface area contributed by atoms with E-state index in [-0.39, 0.29) is 17.2 Å². The van der Waals surface area contributed by atoms with Crippen LogP contribution in [-0.2, 0) is 4.79 Å². The van der Waals surface area contributed by atoms with Gasteiger partial charge in [-0.25, -0.2) is 4.98 Å². The number of halogens is 2. The Morgan fingerprint density at radius 1 is 1.03 bits per heavy atom. The highest BCUT2D eigenvalue weighted by Crippen LogP contribution is 2.27. The summed E-state index contributed by atoms with van der Waals surface area (Å²) in [6.07, 6.45) is 0. The molecule has 0 unspecified atom stereocenters. The molecule has 0 atom stereocenters. The van der Waals surface area contributed by atoms with E-state index >= 15 is 0 Å². The Morgan fingerprint density at radius 3 is 2.47 bits per heavy atom. The molecular formula is C25H21F2N3O2S2. The SMILES string of the molecule is Cc1ccc(-n2c(SCC(=O)Nc3ccc(SC(F)F)cc3)nc3ccccc3c2=O)cc1C. The number of hydrogen-bond donors (Lipinski definition) is 1. The molecule has 1 N–H and O–H groups in total. The lowest BCUT2D eigenvalue weighted by Gasteiger charge is -2.14. The zero-order valence-electron chi connectivity index (χ0n) is 18.4. The number of alkyl halides is 2. The van der Waals surface area contributed by atoms with Gasteiger partial charge in [0.15, 0.2) is 5.16 Å². The van der Waals surface area contributed by atoms with Gasteiger partial charge in [-0.15, -0.1) is 0 Å². The number of nitrogens with one attached hydrogen (secondary N) is 1. The fourth-order valence-corrected chi connectivity index (χ4v) is 4.66. The Hall–Kier alpha value is -3.17. The summed E-state index contributed by atoms with van der Waals surface area (Å²) in [5.74, 6) is -2.78. The van der Waals surface area contributed by atoms with Crippen LogP contribution in [0.5, 0.6) is 0 Å². The molecule has 3 aromatic carbocycles. The molecule has 0 aliphatic rings. The van der Waals surface area contributed by atoms with Crippen molar-refractivity contribution in [3.63, 3.8) is 0 Å². The maximum absolute atomic E-state index is 13.3. The molecule has 1 heterocycles. The summed E-state index contributed by atoms with van der Waals surface area (Å²) in [6, 6.07) is 19.1. The van der Waals surface area contributed by atoms with E-state index in [1.54, 1.807) is 30.3 Å². The van der Waals surface area contributed by atoms with Crippen LogP contribution in [0.25, 0.3) is 16.6 Å². The van der Waals surface area contributed by atoms with Gasteiger partial charge in [0.25, 0.3) is 11.3 Å². The van der Waals surface area contributed by atoms with Crippen molar-refractivity contribution in [1.29, 1.82) is 0 Å². The quantitative estimate of drug-likeness (QED) is 0.249. The van der Waals surface area contributed by atoms with Crippen LogP contribution in [0.15, 0.2) is 81.6 Å². The molecule has 4 rings (SSSR count). The largest absolute Gasteiger partial charge is 0.325 e. The molecule has 0 aliphatic carbocycles. The summed E-state index contributed by atoms with van der Waals surface area (Å²) in [6.45, 7) is 3.98. The molecule has 34 heavy (non-hydrogen) atoms. The Kier molecular flexibility index (Phi) is 7.33. The van der Waals surface area contributed by atoms with E-state index in [9.17, 15) is 18.4 Å². The molecule has 0 aliphatic heterocycles. The lowest BCUT2D eigenvalue weighted by atomic mass is 10.1. The van der Waals surface area contributed by atoms with Gasteiger partial charge < -0.3 is 5.32 Å². The Labute approximate surface area is 203 Å². The van der Waals surface area contributed by atoms with E-state index < -0.39 is 5.76 Å². The number of aryl methyl sites for hydroxylation is 2. The highest BCUT2D eigenvalue weighted by atomic mass is 32.2. The summed E-state index contributed by atoms with van der Waals surface area (Å²) in [5.41, 5.74) is 3.69. The van der Waals surface area contributed by atoms with E-state index in [2.05, 4.69) is 10.3 Å². The van der Waals surface area contributed by atoms with Crippen molar-refractivity contribution in [3.8, 4) is 5.69 Å². The van der Waals surface area contributed by atoms with Gasteiger partial charge in [0.2, 0.25) is 5.91 Å². The second-order valence-corrected chi connectivity index (χ2v) is 9.57. The molecule has 0 bridgehead atoms. The highest BCUT2D eigenvalue weighted by molar-refractivity contribution is 8.00. The molecule has 0 fully saturated rings. The number of carbonyl (C=O) groups is 1. The minimum Gasteiger partial charge on any atom is -0.325 e. The first-order valence-corrected chi connectivity index (χ1v) is 12.3. The van der Waals surface area contributed by atoms with Crippen molar-refractivity contribution >= 4 is 46.0 Å². The van der Waals surface area contributed by atoms with Gasteiger partial charge in [0, 0.05) is 10.6 Å². The Morgan fingerprint density at radius 2 is 1.76 bits per heavy atom. The molecular weight excluding hydrogens is 476 g/mol. The van der Waals surface area contributed by atoms with Crippen molar-refractivity contribution < 1.29 is 13.6 Å². The van der Waals surface area contributed by atoms with Crippen LogP contribution in [0.3, 0.4) is 0 Å². The van der Waals surface area contributed by atoms with Crippen LogP contribution >= 0.6 is 23.5 Å².